The van der Waals surface area contributed by atoms with Gasteiger partial charge in [-0.1, -0.05) is 42.5 Å². The summed E-state index contributed by atoms with van der Waals surface area (Å²) in [4.78, 5) is 14.9. The highest BCUT2D eigenvalue weighted by atomic mass is 16.3. The normalized spacial score (nSPS) is 31.4. The van der Waals surface area contributed by atoms with E-state index in [1.807, 2.05) is 12.1 Å². The fourth-order valence-electron chi connectivity index (χ4n) is 5.88. The summed E-state index contributed by atoms with van der Waals surface area (Å²) < 4.78 is 0. The van der Waals surface area contributed by atoms with Gasteiger partial charge in [-0.3, -0.25) is 4.79 Å². The third-order valence-corrected chi connectivity index (χ3v) is 7.28. The molecule has 1 saturated carbocycles. The van der Waals surface area contributed by atoms with Gasteiger partial charge in [-0.25, -0.2) is 0 Å². The van der Waals surface area contributed by atoms with E-state index in [1.165, 1.54) is 24.9 Å². The third-order valence-electron chi connectivity index (χ3n) is 7.28. The number of hydrogen-bond acceptors (Lipinski definition) is 3. The highest BCUT2D eigenvalue weighted by Gasteiger charge is 2.43. The Kier molecular flexibility index (Phi) is 3.91. The van der Waals surface area contributed by atoms with E-state index in [0.29, 0.717) is 0 Å². The monoisotopic (exact) mass is 351 g/mol. The van der Waals surface area contributed by atoms with Crippen LogP contribution in [0.2, 0.25) is 0 Å². The lowest BCUT2D eigenvalue weighted by Gasteiger charge is -2.40. The lowest BCUT2D eigenvalue weighted by molar-refractivity contribution is -0.116. The van der Waals surface area contributed by atoms with Gasteiger partial charge in [0.05, 0.1) is 0 Å². The second-order valence-electron chi connectivity index (χ2n) is 8.68. The van der Waals surface area contributed by atoms with Crippen LogP contribution in [-0.4, -0.2) is 42.0 Å². The van der Waals surface area contributed by atoms with Crippen molar-refractivity contribution in [2.75, 3.05) is 26.2 Å². The first-order chi connectivity index (χ1) is 12.7. The summed E-state index contributed by atoms with van der Waals surface area (Å²) in [6.07, 6.45) is 11.9. The molecule has 1 saturated heterocycles. The minimum atomic E-state index is -0.403. The van der Waals surface area contributed by atoms with Crippen LogP contribution in [0.5, 0.6) is 0 Å². The summed E-state index contributed by atoms with van der Waals surface area (Å²) in [5, 5.41) is 9.36. The number of piperidine rings is 1. The predicted octanol–water partition coefficient (Wildman–Crippen LogP) is 3.44. The van der Waals surface area contributed by atoms with E-state index in [-0.39, 0.29) is 12.6 Å². The average molecular weight is 351 g/mol. The molecule has 3 atom stereocenters. The Hall–Kier alpha value is -1.71. The van der Waals surface area contributed by atoms with Crippen LogP contribution in [0.25, 0.3) is 5.57 Å². The first-order valence-electron chi connectivity index (χ1n) is 10.1. The Morgan fingerprint density at radius 2 is 2.00 bits per heavy atom. The Bertz CT molecular complexity index is 791. The Morgan fingerprint density at radius 1 is 1.19 bits per heavy atom. The van der Waals surface area contributed by atoms with Gasteiger partial charge >= 0.3 is 0 Å². The highest BCUT2D eigenvalue weighted by molar-refractivity contribution is 6.23. The molecule has 0 radical (unpaired) electrons. The fraction of sp³-hybridized carbons (Fsp3) is 0.522. The number of likely N-dealkylation sites (tertiary alicyclic amines) is 1. The zero-order chi connectivity index (χ0) is 17.7. The third kappa shape index (κ3) is 2.52. The van der Waals surface area contributed by atoms with Gasteiger partial charge in [0.2, 0.25) is 0 Å². The number of nitrogens with zero attached hydrogens (tertiary/aromatic N) is 1. The molecule has 1 N–H and O–H groups in total. The van der Waals surface area contributed by atoms with Gasteiger partial charge in [-0.05, 0) is 67.7 Å². The van der Waals surface area contributed by atoms with E-state index < -0.39 is 6.61 Å². The van der Waals surface area contributed by atoms with Crippen LogP contribution in [0.3, 0.4) is 0 Å². The standard InChI is InChI=1S/C23H27NO2.H2/c25-15-22(26)20-13-23(21-4-2-1-3-19(20)21)7-9-24(10-8-23)14-18-12-16-5-6-17(18)11-16;/h1-6,13,16-18,25H,7-12,14-15H2;1H. The first-order valence-corrected chi connectivity index (χ1v) is 10.1. The van der Waals surface area contributed by atoms with Gasteiger partial charge < -0.3 is 10.0 Å². The van der Waals surface area contributed by atoms with Crippen LogP contribution in [0.4, 0.5) is 0 Å². The van der Waals surface area contributed by atoms with Crippen molar-refractivity contribution in [3.8, 4) is 0 Å². The molecule has 3 unspecified atom stereocenters. The lowest BCUT2D eigenvalue weighted by atomic mass is 9.74. The van der Waals surface area contributed by atoms with Crippen molar-refractivity contribution < 1.29 is 11.3 Å². The summed E-state index contributed by atoms with van der Waals surface area (Å²) >= 11 is 0. The van der Waals surface area contributed by atoms with Crippen molar-refractivity contribution in [1.82, 2.24) is 4.90 Å². The summed E-state index contributed by atoms with van der Waals surface area (Å²) in [5.74, 6) is 2.36. The van der Waals surface area contributed by atoms with E-state index in [9.17, 15) is 9.90 Å². The number of fused-ring (bicyclic) bond motifs is 4. The number of ketones is 1. The molecule has 0 amide bonds. The Balaban J connectivity index is 0.00000180. The van der Waals surface area contributed by atoms with Crippen LogP contribution in [0, 0.1) is 17.8 Å². The van der Waals surface area contributed by atoms with E-state index >= 15 is 0 Å². The molecule has 2 fully saturated rings. The molecule has 5 rings (SSSR count). The topological polar surface area (TPSA) is 40.5 Å². The van der Waals surface area contributed by atoms with Crippen molar-refractivity contribution in [3.05, 3.63) is 53.6 Å². The smallest absolute Gasteiger partial charge is 0.188 e. The van der Waals surface area contributed by atoms with Crippen molar-refractivity contribution in [2.45, 2.75) is 31.1 Å². The maximum Gasteiger partial charge on any atom is 0.188 e. The van der Waals surface area contributed by atoms with Crippen LogP contribution >= 0.6 is 0 Å². The van der Waals surface area contributed by atoms with Gasteiger partial charge in [0.1, 0.15) is 6.61 Å². The fourth-order valence-corrected chi connectivity index (χ4v) is 5.88. The molecule has 3 nitrogen and oxygen atoms in total. The van der Waals surface area contributed by atoms with Crippen molar-refractivity contribution >= 4 is 11.4 Å². The molecule has 138 valence electrons. The molecule has 2 bridgehead atoms. The second-order valence-corrected chi connectivity index (χ2v) is 8.68. The van der Waals surface area contributed by atoms with E-state index in [0.717, 1.165) is 54.8 Å². The molecular weight excluding hydrogens is 322 g/mol. The number of aliphatic hydroxyl groups is 1. The number of benzene rings is 1. The Labute approximate surface area is 156 Å². The van der Waals surface area contributed by atoms with E-state index in [4.69, 9.17) is 0 Å². The van der Waals surface area contributed by atoms with Crippen LogP contribution in [-0.2, 0) is 10.2 Å². The van der Waals surface area contributed by atoms with E-state index in [2.05, 4.69) is 35.3 Å². The first kappa shape index (κ1) is 16.5. The molecule has 3 heteroatoms. The minimum absolute atomic E-state index is 0. The summed E-state index contributed by atoms with van der Waals surface area (Å²) in [6.45, 7) is 3.03. The predicted molar refractivity (Wildman–Crippen MR) is 105 cm³/mol. The van der Waals surface area contributed by atoms with Gasteiger partial charge in [0, 0.05) is 19.0 Å². The highest BCUT2D eigenvalue weighted by Crippen LogP contribution is 2.48. The van der Waals surface area contributed by atoms with Crippen molar-refractivity contribution in [2.24, 2.45) is 17.8 Å². The molecule has 1 aliphatic heterocycles. The number of aliphatic hydroxyl groups excluding tert-OH is 1. The zero-order valence-corrected chi connectivity index (χ0v) is 15.2. The SMILES string of the molecule is O=C(CO)C1=CC2(CCN(CC3CC4C=CC3C4)CC2)c2ccccc21.[HH]. The van der Waals surface area contributed by atoms with Crippen molar-refractivity contribution in [3.63, 3.8) is 0 Å². The number of allylic oxidation sites excluding steroid dienone is 3. The molecule has 1 aromatic rings. The summed E-state index contributed by atoms with van der Waals surface area (Å²) in [7, 11) is 0. The molecule has 0 aromatic heterocycles. The number of carbonyl (C=O) groups is 1. The van der Waals surface area contributed by atoms with Gasteiger partial charge in [-0.15, -0.1) is 0 Å². The van der Waals surface area contributed by atoms with Crippen molar-refractivity contribution in [1.29, 1.82) is 0 Å². The average Bonchev–Trinajstić information content (AvgIpc) is 3.37. The summed E-state index contributed by atoms with van der Waals surface area (Å²) in [6, 6.07) is 8.29. The number of hydrogen-bond donors (Lipinski definition) is 1. The van der Waals surface area contributed by atoms with Gasteiger partial charge in [0.15, 0.2) is 5.78 Å². The molecule has 26 heavy (non-hydrogen) atoms. The number of Topliss-reactive ketones (excluding diaryl/α,β-unsaturated/α-hetero) is 1. The van der Waals surface area contributed by atoms with Gasteiger partial charge in [0.25, 0.3) is 0 Å². The molecule has 1 aromatic carbocycles. The van der Waals surface area contributed by atoms with Gasteiger partial charge in [-0.2, -0.15) is 0 Å². The maximum atomic E-state index is 12.2. The largest absolute Gasteiger partial charge is 0.388 e. The van der Waals surface area contributed by atoms with Crippen LogP contribution in [0.15, 0.2) is 42.5 Å². The summed E-state index contributed by atoms with van der Waals surface area (Å²) in [5.41, 5.74) is 3.05. The molecule has 4 aliphatic rings. The molecule has 1 spiro atoms. The molecule has 1 heterocycles. The second kappa shape index (κ2) is 6.17. The number of rotatable bonds is 4. The van der Waals surface area contributed by atoms with Crippen LogP contribution in [0.1, 0.15) is 38.2 Å². The quantitative estimate of drug-likeness (QED) is 0.845. The molecule has 3 aliphatic carbocycles. The zero-order valence-electron chi connectivity index (χ0n) is 15.2. The molecular formula is C23H29NO2. The van der Waals surface area contributed by atoms with Crippen LogP contribution < -0.4 is 0 Å². The van der Waals surface area contributed by atoms with E-state index in [1.54, 1.807) is 0 Å². The maximum absolute atomic E-state index is 12.2. The minimum Gasteiger partial charge on any atom is -0.388 e. The lowest BCUT2D eigenvalue weighted by Crippen LogP contribution is -2.43. The number of carbonyl (C=O) groups excluding carboxylic acids is 1. The Morgan fingerprint density at radius 3 is 2.69 bits per heavy atom.